The summed E-state index contributed by atoms with van der Waals surface area (Å²) in [7, 11) is 0. The first-order valence-corrected chi connectivity index (χ1v) is 5.04. The molecule has 0 saturated heterocycles. The van der Waals surface area contributed by atoms with Crippen LogP contribution >= 0.6 is 0 Å². The zero-order valence-corrected chi connectivity index (χ0v) is 9.25. The second kappa shape index (κ2) is 4.46. The minimum absolute atomic E-state index is 0.116. The second-order valence-corrected chi connectivity index (χ2v) is 4.26. The fourth-order valence-electron chi connectivity index (χ4n) is 1.12. The highest BCUT2D eigenvalue weighted by atomic mass is 15.2. The lowest BCUT2D eigenvalue weighted by Gasteiger charge is -2.23. The van der Waals surface area contributed by atoms with E-state index in [1.165, 1.54) is 0 Å². The van der Waals surface area contributed by atoms with Crippen molar-refractivity contribution in [2.75, 3.05) is 18.4 Å². The van der Waals surface area contributed by atoms with E-state index in [1.54, 1.807) is 6.20 Å². The van der Waals surface area contributed by atoms with E-state index in [0.29, 0.717) is 6.54 Å². The summed E-state index contributed by atoms with van der Waals surface area (Å²) < 4.78 is 2.08. The van der Waals surface area contributed by atoms with Gasteiger partial charge in [0.2, 0.25) is 5.95 Å². The number of rotatable bonds is 5. The van der Waals surface area contributed by atoms with Crippen molar-refractivity contribution in [2.45, 2.75) is 27.3 Å². The first-order chi connectivity index (χ1) is 6.59. The lowest BCUT2D eigenvalue weighted by atomic mass is 9.94. The van der Waals surface area contributed by atoms with Crippen LogP contribution in [-0.2, 0) is 6.54 Å². The van der Waals surface area contributed by atoms with Crippen LogP contribution in [0.3, 0.4) is 0 Å². The average Bonchev–Trinajstić information content (AvgIpc) is 2.62. The van der Waals surface area contributed by atoms with Crippen molar-refractivity contribution in [2.24, 2.45) is 11.1 Å². The molecule has 0 radical (unpaired) electrons. The Hall–Kier alpha value is -1.03. The van der Waals surface area contributed by atoms with E-state index in [1.807, 2.05) is 6.20 Å². The van der Waals surface area contributed by atoms with E-state index < -0.39 is 0 Å². The molecule has 3 N–H and O–H groups in total. The molecule has 1 aromatic heterocycles. The quantitative estimate of drug-likeness (QED) is 0.746. The number of hydrogen-bond acceptors (Lipinski definition) is 3. The molecule has 0 atom stereocenters. The predicted molar refractivity (Wildman–Crippen MR) is 59.2 cm³/mol. The van der Waals surface area contributed by atoms with Crippen LogP contribution in [0.5, 0.6) is 0 Å². The normalized spacial score (nSPS) is 11.7. The molecule has 0 fully saturated rings. The number of imidazole rings is 1. The van der Waals surface area contributed by atoms with Gasteiger partial charge in [0, 0.05) is 25.5 Å². The Morgan fingerprint density at radius 3 is 2.86 bits per heavy atom. The smallest absolute Gasteiger partial charge is 0.202 e. The largest absolute Gasteiger partial charge is 0.355 e. The molecule has 80 valence electrons. The molecular formula is C10H20N4. The van der Waals surface area contributed by atoms with Crippen molar-refractivity contribution < 1.29 is 0 Å². The van der Waals surface area contributed by atoms with E-state index >= 15 is 0 Å². The number of aryl methyl sites for hydroxylation is 1. The third-order valence-electron chi connectivity index (χ3n) is 2.33. The lowest BCUT2D eigenvalue weighted by molar-refractivity contribution is 0.404. The van der Waals surface area contributed by atoms with Gasteiger partial charge in [0.15, 0.2) is 0 Å². The summed E-state index contributed by atoms with van der Waals surface area (Å²) in [5.74, 6) is 0.925. The van der Waals surface area contributed by atoms with E-state index in [4.69, 9.17) is 5.73 Å². The molecule has 0 bridgehead atoms. The van der Waals surface area contributed by atoms with Gasteiger partial charge < -0.3 is 15.6 Å². The molecule has 0 aliphatic rings. The van der Waals surface area contributed by atoms with Crippen LogP contribution in [0.1, 0.15) is 20.8 Å². The van der Waals surface area contributed by atoms with Crippen molar-refractivity contribution in [3.05, 3.63) is 12.4 Å². The molecule has 1 heterocycles. The van der Waals surface area contributed by atoms with Gasteiger partial charge in [0.05, 0.1) is 0 Å². The van der Waals surface area contributed by atoms with Gasteiger partial charge in [-0.2, -0.15) is 0 Å². The van der Waals surface area contributed by atoms with E-state index in [9.17, 15) is 0 Å². The van der Waals surface area contributed by atoms with Crippen molar-refractivity contribution in [3.63, 3.8) is 0 Å². The van der Waals surface area contributed by atoms with Gasteiger partial charge in [-0.15, -0.1) is 0 Å². The molecule has 0 unspecified atom stereocenters. The Kier molecular flexibility index (Phi) is 3.52. The molecule has 1 rings (SSSR count). The minimum Gasteiger partial charge on any atom is -0.355 e. The van der Waals surface area contributed by atoms with E-state index in [-0.39, 0.29) is 5.41 Å². The van der Waals surface area contributed by atoms with Gasteiger partial charge in [-0.25, -0.2) is 4.98 Å². The SMILES string of the molecule is CCn1ccnc1NCC(C)(C)CN. The maximum Gasteiger partial charge on any atom is 0.202 e. The summed E-state index contributed by atoms with van der Waals surface area (Å²) in [6, 6.07) is 0. The van der Waals surface area contributed by atoms with E-state index in [2.05, 4.69) is 35.6 Å². The fourth-order valence-corrected chi connectivity index (χ4v) is 1.12. The lowest BCUT2D eigenvalue weighted by Crippen LogP contribution is -2.31. The topological polar surface area (TPSA) is 55.9 Å². The highest BCUT2D eigenvalue weighted by molar-refractivity contribution is 5.26. The summed E-state index contributed by atoms with van der Waals surface area (Å²) in [5, 5.41) is 3.31. The third kappa shape index (κ3) is 2.73. The maximum atomic E-state index is 5.65. The minimum atomic E-state index is 0.116. The maximum absolute atomic E-state index is 5.65. The molecule has 4 nitrogen and oxygen atoms in total. The van der Waals surface area contributed by atoms with Crippen LogP contribution in [-0.4, -0.2) is 22.6 Å². The summed E-state index contributed by atoms with van der Waals surface area (Å²) in [4.78, 5) is 4.24. The van der Waals surface area contributed by atoms with Gasteiger partial charge in [0.25, 0.3) is 0 Å². The van der Waals surface area contributed by atoms with Gasteiger partial charge in [-0.1, -0.05) is 13.8 Å². The molecule has 0 aliphatic carbocycles. The van der Waals surface area contributed by atoms with Crippen LogP contribution < -0.4 is 11.1 Å². The number of nitrogens with zero attached hydrogens (tertiary/aromatic N) is 2. The van der Waals surface area contributed by atoms with Gasteiger partial charge in [0.1, 0.15) is 0 Å². The van der Waals surface area contributed by atoms with Crippen LogP contribution in [0.4, 0.5) is 5.95 Å². The molecule has 0 saturated carbocycles. The summed E-state index contributed by atoms with van der Waals surface area (Å²) in [6.07, 6.45) is 3.78. The molecule has 0 spiro atoms. The van der Waals surface area contributed by atoms with Crippen LogP contribution in [0.25, 0.3) is 0 Å². The first kappa shape index (κ1) is 11.0. The summed E-state index contributed by atoms with van der Waals surface area (Å²) in [5.41, 5.74) is 5.76. The summed E-state index contributed by atoms with van der Waals surface area (Å²) >= 11 is 0. The Bertz CT molecular complexity index is 277. The number of aromatic nitrogens is 2. The molecule has 4 heteroatoms. The predicted octanol–water partition coefficient (Wildman–Crippen LogP) is 1.30. The second-order valence-electron chi connectivity index (χ2n) is 4.26. The van der Waals surface area contributed by atoms with Crippen LogP contribution in [0.2, 0.25) is 0 Å². The average molecular weight is 196 g/mol. The van der Waals surface area contributed by atoms with Crippen molar-refractivity contribution >= 4 is 5.95 Å². The Morgan fingerprint density at radius 1 is 1.57 bits per heavy atom. The van der Waals surface area contributed by atoms with Crippen LogP contribution in [0, 0.1) is 5.41 Å². The molecule has 0 aromatic carbocycles. The van der Waals surface area contributed by atoms with Gasteiger partial charge >= 0.3 is 0 Å². The van der Waals surface area contributed by atoms with Gasteiger partial charge in [-0.3, -0.25) is 0 Å². The number of anilines is 1. The Labute approximate surface area is 85.5 Å². The van der Waals surface area contributed by atoms with E-state index in [0.717, 1.165) is 19.0 Å². The first-order valence-electron chi connectivity index (χ1n) is 5.04. The van der Waals surface area contributed by atoms with Crippen molar-refractivity contribution in [1.29, 1.82) is 0 Å². The van der Waals surface area contributed by atoms with Gasteiger partial charge in [-0.05, 0) is 18.9 Å². The molecule has 0 aliphatic heterocycles. The standard InChI is InChI=1S/C10H20N4/c1-4-14-6-5-12-9(14)13-8-10(2,3)7-11/h5-6H,4,7-8,11H2,1-3H3,(H,12,13). The zero-order valence-electron chi connectivity index (χ0n) is 9.25. The number of hydrogen-bond donors (Lipinski definition) is 2. The highest BCUT2D eigenvalue weighted by Crippen LogP contribution is 2.13. The third-order valence-corrected chi connectivity index (χ3v) is 2.33. The molecule has 14 heavy (non-hydrogen) atoms. The highest BCUT2D eigenvalue weighted by Gasteiger charge is 2.15. The van der Waals surface area contributed by atoms with Crippen molar-refractivity contribution in [3.8, 4) is 0 Å². The molecule has 1 aromatic rings. The molecule has 0 amide bonds. The van der Waals surface area contributed by atoms with Crippen molar-refractivity contribution in [1.82, 2.24) is 9.55 Å². The monoisotopic (exact) mass is 196 g/mol. The van der Waals surface area contributed by atoms with Crippen LogP contribution in [0.15, 0.2) is 12.4 Å². The summed E-state index contributed by atoms with van der Waals surface area (Å²) in [6.45, 7) is 8.83. The number of nitrogens with two attached hydrogens (primary N) is 1. The zero-order chi connectivity index (χ0) is 10.6. The Balaban J connectivity index is 2.53. The fraction of sp³-hybridized carbons (Fsp3) is 0.700. The molecular weight excluding hydrogens is 176 g/mol. The Morgan fingerprint density at radius 2 is 2.29 bits per heavy atom. The number of nitrogens with one attached hydrogen (secondary N) is 1.